The van der Waals surface area contributed by atoms with Gasteiger partial charge in [0.25, 0.3) is 5.91 Å². The predicted octanol–water partition coefficient (Wildman–Crippen LogP) is 3.48. The van der Waals surface area contributed by atoms with Crippen molar-refractivity contribution in [1.82, 2.24) is 5.32 Å². The first kappa shape index (κ1) is 20.0. The first-order valence-electron chi connectivity index (χ1n) is 7.65. The van der Waals surface area contributed by atoms with E-state index in [0.717, 1.165) is 21.7 Å². The van der Waals surface area contributed by atoms with Crippen molar-refractivity contribution < 1.29 is 17.9 Å². The Kier molecular flexibility index (Phi) is 6.80. The molecule has 2 rings (SSSR count). The van der Waals surface area contributed by atoms with Crippen molar-refractivity contribution in [3.63, 3.8) is 0 Å². The lowest BCUT2D eigenvalue weighted by Crippen LogP contribution is -2.28. The van der Waals surface area contributed by atoms with Gasteiger partial charge in [-0.1, -0.05) is 33.6 Å². The van der Waals surface area contributed by atoms with Crippen LogP contribution < -0.4 is 10.1 Å². The van der Waals surface area contributed by atoms with Crippen LogP contribution in [-0.2, 0) is 14.6 Å². The summed E-state index contributed by atoms with van der Waals surface area (Å²) in [5.74, 6) is -0.346. The van der Waals surface area contributed by atoms with Crippen molar-refractivity contribution in [2.45, 2.75) is 11.8 Å². The molecule has 0 radical (unpaired) electrons. The van der Waals surface area contributed by atoms with E-state index in [-0.39, 0.29) is 4.90 Å². The number of rotatable bonds is 6. The van der Waals surface area contributed by atoms with Crippen LogP contribution in [0.3, 0.4) is 0 Å². The highest BCUT2D eigenvalue weighted by Gasteiger charge is 2.14. The van der Waals surface area contributed by atoms with Gasteiger partial charge in [0.1, 0.15) is 11.6 Å². The molecular weight excluding hydrogens is 418 g/mol. The zero-order chi connectivity index (χ0) is 19.2. The van der Waals surface area contributed by atoms with Gasteiger partial charge in [-0.3, -0.25) is 4.79 Å². The lowest BCUT2D eigenvalue weighted by Gasteiger charge is -2.05. The average molecular weight is 436 g/mol. The van der Waals surface area contributed by atoms with Crippen LogP contribution in [0.4, 0.5) is 0 Å². The monoisotopic (exact) mass is 435 g/mol. The summed E-state index contributed by atoms with van der Waals surface area (Å²) in [6, 6.07) is 11.9. The molecule has 0 saturated carbocycles. The molecule has 2 aromatic carbocycles. The number of methoxy groups -OCH3 is 1. The molecule has 0 aliphatic rings. The molecule has 0 atom stereocenters. The van der Waals surface area contributed by atoms with Gasteiger partial charge >= 0.3 is 0 Å². The van der Waals surface area contributed by atoms with Gasteiger partial charge in [-0.15, -0.1) is 5.73 Å². The lowest BCUT2D eigenvalue weighted by molar-refractivity contribution is -0.116. The third kappa shape index (κ3) is 5.59. The Bertz CT molecular complexity index is 960. The van der Waals surface area contributed by atoms with E-state index in [2.05, 4.69) is 27.0 Å². The number of ether oxygens (including phenoxy) is 1. The molecule has 0 aromatic heterocycles. The fraction of sp³-hybridized carbons (Fsp3) is 0.158. The zero-order valence-corrected chi connectivity index (χ0v) is 16.7. The zero-order valence-electron chi connectivity index (χ0n) is 14.3. The fourth-order valence-electron chi connectivity index (χ4n) is 2.01. The number of sulfone groups is 1. The van der Waals surface area contributed by atoms with E-state index in [0.29, 0.717) is 5.75 Å². The molecule has 1 amide bonds. The Labute approximate surface area is 161 Å². The number of nitrogens with one attached hydrogen (secondary N) is 1. The van der Waals surface area contributed by atoms with Crippen LogP contribution >= 0.6 is 15.9 Å². The lowest BCUT2D eigenvalue weighted by atomic mass is 10.2. The van der Waals surface area contributed by atoms with Crippen molar-refractivity contribution >= 4 is 37.8 Å². The SMILES string of the molecule is COc1ccc(Br)c(C=C=CC(=O)NCS(=O)(=O)c2ccc(C)cc2)c1. The van der Waals surface area contributed by atoms with Gasteiger partial charge in [0.2, 0.25) is 0 Å². The maximum Gasteiger partial charge on any atom is 0.252 e. The van der Waals surface area contributed by atoms with Gasteiger partial charge in [-0.05, 0) is 48.9 Å². The molecule has 0 aliphatic carbocycles. The Balaban J connectivity index is 2.02. The molecule has 5 nitrogen and oxygen atoms in total. The molecule has 0 saturated heterocycles. The minimum Gasteiger partial charge on any atom is -0.497 e. The summed E-state index contributed by atoms with van der Waals surface area (Å²) in [5.41, 5.74) is 4.48. The van der Waals surface area contributed by atoms with Crippen molar-refractivity contribution in [2.75, 3.05) is 13.0 Å². The molecule has 0 fully saturated rings. The Morgan fingerprint density at radius 3 is 2.58 bits per heavy atom. The summed E-state index contributed by atoms with van der Waals surface area (Å²) in [5, 5.41) is 2.36. The molecule has 0 heterocycles. The molecular formula is C19H18BrNO4S. The summed E-state index contributed by atoms with van der Waals surface area (Å²) >= 11 is 3.39. The van der Waals surface area contributed by atoms with Crippen LogP contribution in [-0.4, -0.2) is 27.3 Å². The number of aryl methyl sites for hydroxylation is 1. The predicted molar refractivity (Wildman–Crippen MR) is 105 cm³/mol. The highest BCUT2D eigenvalue weighted by molar-refractivity contribution is 9.10. The van der Waals surface area contributed by atoms with Gasteiger partial charge in [-0.2, -0.15) is 0 Å². The highest BCUT2D eigenvalue weighted by Crippen LogP contribution is 2.23. The molecule has 0 bridgehead atoms. The van der Waals surface area contributed by atoms with Crippen LogP contribution in [0.15, 0.2) is 63.6 Å². The van der Waals surface area contributed by atoms with Crippen molar-refractivity contribution in [1.29, 1.82) is 0 Å². The summed E-state index contributed by atoms with van der Waals surface area (Å²) < 4.78 is 30.3. The van der Waals surface area contributed by atoms with E-state index < -0.39 is 21.6 Å². The van der Waals surface area contributed by atoms with Crippen LogP contribution in [0.2, 0.25) is 0 Å². The fourth-order valence-corrected chi connectivity index (χ4v) is 3.42. The topological polar surface area (TPSA) is 72.5 Å². The normalized spacial score (nSPS) is 10.6. The van der Waals surface area contributed by atoms with E-state index >= 15 is 0 Å². The van der Waals surface area contributed by atoms with Gasteiger partial charge in [-0.25, -0.2) is 8.42 Å². The summed E-state index contributed by atoms with van der Waals surface area (Å²) in [6.45, 7) is 1.87. The molecule has 7 heteroatoms. The molecule has 26 heavy (non-hydrogen) atoms. The number of hydrogen-bond acceptors (Lipinski definition) is 4. The Morgan fingerprint density at radius 2 is 1.92 bits per heavy atom. The van der Waals surface area contributed by atoms with Gasteiger partial charge in [0, 0.05) is 10.5 Å². The number of carbonyl (C=O) groups is 1. The third-order valence-corrected chi connectivity index (χ3v) is 5.71. The quantitative estimate of drug-likeness (QED) is 0.556. The standard InChI is InChI=1S/C19H18BrNO4S/c1-14-6-9-17(10-7-14)26(23,24)13-21-19(22)5-3-4-15-12-16(25-2)8-11-18(15)20/h4-12H,13H2,1-2H3,(H,21,22). The molecule has 136 valence electrons. The number of halogens is 1. The number of amides is 1. The Hall–Kier alpha value is -2.34. The smallest absolute Gasteiger partial charge is 0.252 e. The summed E-state index contributed by atoms with van der Waals surface area (Å²) in [7, 11) is -2.01. The first-order valence-corrected chi connectivity index (χ1v) is 10.1. The van der Waals surface area contributed by atoms with Gasteiger partial charge in [0.15, 0.2) is 9.84 Å². The first-order chi connectivity index (χ1) is 12.3. The minimum absolute atomic E-state index is 0.170. The second-order valence-corrected chi connectivity index (χ2v) is 8.30. The summed E-state index contributed by atoms with van der Waals surface area (Å²) in [6.07, 6.45) is 2.75. The number of benzene rings is 2. The maximum atomic E-state index is 12.2. The Morgan fingerprint density at radius 1 is 1.23 bits per heavy atom. The van der Waals surface area contributed by atoms with Crippen LogP contribution in [0.25, 0.3) is 6.08 Å². The van der Waals surface area contributed by atoms with Crippen molar-refractivity contribution in [2.24, 2.45) is 0 Å². The van der Waals surface area contributed by atoms with Gasteiger partial charge < -0.3 is 10.1 Å². The van der Waals surface area contributed by atoms with Gasteiger partial charge in [0.05, 0.1) is 12.0 Å². The van der Waals surface area contributed by atoms with Crippen LogP contribution in [0, 0.1) is 6.92 Å². The highest BCUT2D eigenvalue weighted by atomic mass is 79.9. The number of carbonyl (C=O) groups excluding carboxylic acids is 1. The van der Waals surface area contributed by atoms with Crippen molar-refractivity contribution in [3.8, 4) is 5.75 Å². The molecule has 0 unspecified atom stereocenters. The molecule has 1 N–H and O–H groups in total. The third-order valence-electron chi connectivity index (χ3n) is 3.47. The van der Waals surface area contributed by atoms with E-state index in [9.17, 15) is 13.2 Å². The minimum atomic E-state index is -3.58. The van der Waals surface area contributed by atoms with Crippen LogP contribution in [0.5, 0.6) is 5.75 Å². The molecule has 0 aliphatic heterocycles. The average Bonchev–Trinajstić information content (AvgIpc) is 2.62. The number of hydrogen-bond donors (Lipinski definition) is 1. The molecule has 0 spiro atoms. The van der Waals surface area contributed by atoms with Crippen molar-refractivity contribution in [3.05, 3.63) is 69.9 Å². The largest absolute Gasteiger partial charge is 0.497 e. The summed E-state index contributed by atoms with van der Waals surface area (Å²) in [4.78, 5) is 12.0. The van der Waals surface area contributed by atoms with E-state index in [1.54, 1.807) is 37.5 Å². The second-order valence-electron chi connectivity index (χ2n) is 5.46. The van der Waals surface area contributed by atoms with E-state index in [1.807, 2.05) is 13.0 Å². The van der Waals surface area contributed by atoms with Crippen LogP contribution in [0.1, 0.15) is 11.1 Å². The second kappa shape index (κ2) is 8.85. The maximum absolute atomic E-state index is 12.2. The van der Waals surface area contributed by atoms with E-state index in [4.69, 9.17) is 4.74 Å². The van der Waals surface area contributed by atoms with E-state index in [1.165, 1.54) is 12.1 Å². The molecule has 2 aromatic rings.